The summed E-state index contributed by atoms with van der Waals surface area (Å²) < 4.78 is 0. The van der Waals surface area contributed by atoms with Crippen molar-refractivity contribution in [3.8, 4) is 0 Å². The van der Waals surface area contributed by atoms with Gasteiger partial charge in [0.1, 0.15) is 0 Å². The van der Waals surface area contributed by atoms with Gasteiger partial charge in [0.05, 0.1) is 0 Å². The second-order valence-electron chi connectivity index (χ2n) is 2.29. The highest BCUT2D eigenvalue weighted by molar-refractivity contribution is 5.78. The Morgan fingerprint density at radius 2 is 2.70 bits per heavy atom. The van der Waals surface area contributed by atoms with Crippen LogP contribution in [0.2, 0.25) is 0 Å². The first-order valence-electron chi connectivity index (χ1n) is 3.10. The molecule has 0 aromatic rings. The molecular weight excluding hydrogens is 132 g/mol. The van der Waals surface area contributed by atoms with E-state index in [9.17, 15) is 4.79 Å². The summed E-state index contributed by atoms with van der Waals surface area (Å²) in [6, 6.07) is 0. The zero-order valence-corrected chi connectivity index (χ0v) is 5.45. The van der Waals surface area contributed by atoms with E-state index in [1.807, 2.05) is 0 Å². The molecule has 0 spiro atoms. The lowest BCUT2D eigenvalue weighted by molar-refractivity contribution is -0.119. The summed E-state index contributed by atoms with van der Waals surface area (Å²) >= 11 is 0. The van der Waals surface area contributed by atoms with Gasteiger partial charge in [-0.3, -0.25) is 4.79 Å². The highest BCUT2D eigenvalue weighted by atomic mass is 16.1. The summed E-state index contributed by atoms with van der Waals surface area (Å²) in [6.45, 7) is 1.08. The molecule has 1 unspecified atom stereocenters. The van der Waals surface area contributed by atoms with Crippen molar-refractivity contribution >= 4 is 5.91 Å². The van der Waals surface area contributed by atoms with Crippen LogP contribution in [0.5, 0.6) is 0 Å². The molecule has 0 aliphatic carbocycles. The lowest BCUT2D eigenvalue weighted by atomic mass is 10.1. The van der Waals surface area contributed by atoms with E-state index in [2.05, 4.69) is 15.3 Å². The summed E-state index contributed by atoms with van der Waals surface area (Å²) in [4.78, 5) is 13.2. The molecule has 0 radical (unpaired) electrons. The maximum absolute atomic E-state index is 10.6. The zero-order valence-electron chi connectivity index (χ0n) is 5.45. The zero-order chi connectivity index (χ0) is 7.40. The smallest absolute Gasteiger partial charge is 0.220 e. The standard InChI is InChI=1S/C5H8N4O/c6-9-8-3-4-1-5(10)7-2-4/h4H,1-3H2,(H,7,10). The molecule has 1 fully saturated rings. The Bertz CT molecular complexity index is 184. The van der Waals surface area contributed by atoms with Crippen molar-refractivity contribution in [2.45, 2.75) is 6.42 Å². The molecule has 1 aliphatic heterocycles. The van der Waals surface area contributed by atoms with Gasteiger partial charge in [-0.15, -0.1) is 0 Å². The first kappa shape index (κ1) is 6.89. The number of azide groups is 1. The van der Waals surface area contributed by atoms with Crippen LogP contribution in [0.3, 0.4) is 0 Å². The van der Waals surface area contributed by atoms with Gasteiger partial charge in [-0.2, -0.15) is 0 Å². The molecule has 1 atom stereocenters. The molecule has 1 N–H and O–H groups in total. The number of hydrogen-bond donors (Lipinski definition) is 1. The fourth-order valence-corrected chi connectivity index (χ4v) is 0.946. The third-order valence-corrected chi connectivity index (χ3v) is 1.47. The van der Waals surface area contributed by atoms with Crippen molar-refractivity contribution in [2.24, 2.45) is 11.0 Å². The van der Waals surface area contributed by atoms with Crippen LogP contribution < -0.4 is 5.32 Å². The maximum Gasteiger partial charge on any atom is 0.220 e. The number of carbonyl (C=O) groups is 1. The number of nitrogens with zero attached hydrogens (tertiary/aromatic N) is 3. The van der Waals surface area contributed by atoms with Crippen molar-refractivity contribution in [1.82, 2.24) is 5.32 Å². The van der Waals surface area contributed by atoms with Crippen LogP contribution >= 0.6 is 0 Å². The van der Waals surface area contributed by atoms with Gasteiger partial charge < -0.3 is 5.32 Å². The first-order chi connectivity index (χ1) is 4.83. The minimum absolute atomic E-state index is 0.0538. The Balaban J connectivity index is 2.31. The van der Waals surface area contributed by atoms with E-state index in [1.54, 1.807) is 0 Å². The predicted molar refractivity (Wildman–Crippen MR) is 35.1 cm³/mol. The highest BCUT2D eigenvalue weighted by Gasteiger charge is 2.19. The number of carbonyl (C=O) groups excluding carboxylic acids is 1. The third kappa shape index (κ3) is 1.63. The van der Waals surface area contributed by atoms with Gasteiger partial charge in [-0.05, 0) is 11.4 Å². The van der Waals surface area contributed by atoms with Crippen LogP contribution in [0.4, 0.5) is 0 Å². The Labute approximate surface area is 58.0 Å². The third-order valence-electron chi connectivity index (χ3n) is 1.47. The largest absolute Gasteiger partial charge is 0.356 e. The molecule has 1 heterocycles. The van der Waals surface area contributed by atoms with Crippen LogP contribution in [-0.4, -0.2) is 19.0 Å². The van der Waals surface area contributed by atoms with Crippen molar-refractivity contribution in [2.75, 3.05) is 13.1 Å². The van der Waals surface area contributed by atoms with E-state index in [-0.39, 0.29) is 11.8 Å². The van der Waals surface area contributed by atoms with E-state index in [4.69, 9.17) is 5.53 Å². The van der Waals surface area contributed by atoms with Crippen LogP contribution in [0.1, 0.15) is 6.42 Å². The van der Waals surface area contributed by atoms with E-state index >= 15 is 0 Å². The van der Waals surface area contributed by atoms with Crippen LogP contribution in [-0.2, 0) is 4.79 Å². The van der Waals surface area contributed by atoms with Gasteiger partial charge in [0, 0.05) is 24.4 Å². The molecule has 0 aromatic heterocycles. The Morgan fingerprint density at radius 3 is 3.20 bits per heavy atom. The minimum atomic E-state index is 0.0538. The van der Waals surface area contributed by atoms with Gasteiger partial charge in [0.25, 0.3) is 0 Å². The van der Waals surface area contributed by atoms with E-state index in [0.717, 1.165) is 0 Å². The van der Waals surface area contributed by atoms with Gasteiger partial charge in [0.15, 0.2) is 0 Å². The molecule has 10 heavy (non-hydrogen) atoms. The van der Waals surface area contributed by atoms with E-state index < -0.39 is 0 Å². The number of hydrogen-bond acceptors (Lipinski definition) is 2. The number of nitrogens with one attached hydrogen (secondary N) is 1. The van der Waals surface area contributed by atoms with Crippen molar-refractivity contribution in [1.29, 1.82) is 0 Å². The maximum atomic E-state index is 10.6. The first-order valence-corrected chi connectivity index (χ1v) is 3.10. The highest BCUT2D eigenvalue weighted by Crippen LogP contribution is 2.08. The summed E-state index contributed by atoms with van der Waals surface area (Å²) in [6.07, 6.45) is 0.499. The van der Waals surface area contributed by atoms with Gasteiger partial charge in [-0.1, -0.05) is 5.11 Å². The molecule has 5 nitrogen and oxygen atoms in total. The molecule has 0 saturated carbocycles. The average Bonchev–Trinajstić information content (AvgIpc) is 2.31. The summed E-state index contributed by atoms with van der Waals surface area (Å²) in [5.74, 6) is 0.265. The number of rotatable bonds is 2. The fraction of sp³-hybridized carbons (Fsp3) is 0.800. The molecule has 54 valence electrons. The predicted octanol–water partition coefficient (Wildman–Crippen LogP) is 0.433. The lowest BCUT2D eigenvalue weighted by Crippen LogP contribution is -2.14. The van der Waals surface area contributed by atoms with Crippen LogP contribution in [0.15, 0.2) is 5.11 Å². The van der Waals surface area contributed by atoms with Crippen LogP contribution in [0, 0.1) is 5.92 Å². The monoisotopic (exact) mass is 140 g/mol. The molecule has 1 amide bonds. The second kappa shape index (κ2) is 3.08. The SMILES string of the molecule is [N-]=[N+]=NCC1CNC(=O)C1. The summed E-state index contributed by atoms with van der Waals surface area (Å²) in [5, 5.41) is 6.03. The summed E-state index contributed by atoms with van der Waals surface area (Å²) in [5.41, 5.74) is 7.95. The van der Waals surface area contributed by atoms with Crippen LogP contribution in [0.25, 0.3) is 10.4 Å². The quantitative estimate of drug-likeness (QED) is 0.337. The normalized spacial score (nSPS) is 23.6. The Hall–Kier alpha value is -1.22. The molecule has 1 aliphatic rings. The van der Waals surface area contributed by atoms with Gasteiger partial charge in [0.2, 0.25) is 5.91 Å². The van der Waals surface area contributed by atoms with E-state index in [1.165, 1.54) is 0 Å². The van der Waals surface area contributed by atoms with Gasteiger partial charge >= 0.3 is 0 Å². The second-order valence-corrected chi connectivity index (χ2v) is 2.29. The molecule has 1 saturated heterocycles. The van der Waals surface area contributed by atoms with Gasteiger partial charge in [-0.25, -0.2) is 0 Å². The molecular formula is C5H8N4O. The molecule has 1 rings (SSSR count). The lowest BCUT2D eigenvalue weighted by Gasteiger charge is -1.97. The van der Waals surface area contributed by atoms with Crippen molar-refractivity contribution < 1.29 is 4.79 Å². The molecule has 0 bridgehead atoms. The van der Waals surface area contributed by atoms with Crippen molar-refractivity contribution in [3.05, 3.63) is 10.4 Å². The Morgan fingerprint density at radius 1 is 1.90 bits per heavy atom. The Kier molecular flexibility index (Phi) is 2.12. The fourth-order valence-electron chi connectivity index (χ4n) is 0.946. The average molecular weight is 140 g/mol. The van der Waals surface area contributed by atoms with E-state index in [0.29, 0.717) is 19.5 Å². The van der Waals surface area contributed by atoms with Crippen molar-refractivity contribution in [3.63, 3.8) is 0 Å². The topological polar surface area (TPSA) is 77.9 Å². The summed E-state index contributed by atoms with van der Waals surface area (Å²) in [7, 11) is 0. The molecule has 5 heteroatoms. The number of amides is 1. The molecule has 0 aromatic carbocycles. The minimum Gasteiger partial charge on any atom is -0.356 e.